The SMILES string of the molecule is C[N+]1(NC(=O)C2=NN(c3ccc(Cl)cc3Cl)[C@H](c3ccc(Cl)cc3)[C@@H]2C#N)CCCCC1.[I-]. The molecule has 2 aromatic rings. The van der Waals surface area contributed by atoms with Gasteiger partial charge < -0.3 is 24.0 Å². The normalized spacial score (nSPS) is 21.5. The predicted molar refractivity (Wildman–Crippen MR) is 128 cm³/mol. The lowest BCUT2D eigenvalue weighted by Crippen LogP contribution is -3.00. The van der Waals surface area contributed by atoms with Crippen LogP contribution in [0.1, 0.15) is 30.9 Å². The molecule has 0 aliphatic carbocycles. The highest BCUT2D eigenvalue weighted by Crippen LogP contribution is 2.42. The lowest BCUT2D eigenvalue weighted by Gasteiger charge is -2.36. The van der Waals surface area contributed by atoms with Crippen LogP contribution in [0.4, 0.5) is 5.69 Å². The van der Waals surface area contributed by atoms with Gasteiger partial charge in [0, 0.05) is 10.0 Å². The van der Waals surface area contributed by atoms with Crippen LogP contribution in [-0.4, -0.2) is 36.3 Å². The lowest BCUT2D eigenvalue weighted by atomic mass is 9.90. The Hall–Kier alpha value is -1.57. The maximum atomic E-state index is 13.3. The Bertz CT molecular complexity index is 1100. The number of quaternary nitrogens is 1. The number of anilines is 1. The molecule has 33 heavy (non-hydrogen) atoms. The average Bonchev–Trinajstić information content (AvgIpc) is 3.14. The number of carbonyl (C=O) groups excluding carboxylic acids is 1. The minimum atomic E-state index is -0.792. The van der Waals surface area contributed by atoms with Gasteiger partial charge in [-0.1, -0.05) is 46.9 Å². The number of halogens is 4. The van der Waals surface area contributed by atoms with Crippen molar-refractivity contribution < 1.29 is 33.4 Å². The Morgan fingerprint density at radius 2 is 1.73 bits per heavy atom. The van der Waals surface area contributed by atoms with E-state index in [-0.39, 0.29) is 35.6 Å². The molecule has 4 rings (SSSR count). The van der Waals surface area contributed by atoms with Gasteiger partial charge >= 0.3 is 5.91 Å². The number of nitriles is 1. The topological polar surface area (TPSA) is 68.5 Å². The number of hydrogen-bond acceptors (Lipinski definition) is 4. The van der Waals surface area contributed by atoms with E-state index in [0.29, 0.717) is 25.3 Å². The second kappa shape index (κ2) is 10.8. The van der Waals surface area contributed by atoms with Gasteiger partial charge in [-0.2, -0.15) is 15.8 Å². The summed E-state index contributed by atoms with van der Waals surface area (Å²) in [5, 5.41) is 17.8. The summed E-state index contributed by atoms with van der Waals surface area (Å²) in [4.78, 5) is 13.3. The summed E-state index contributed by atoms with van der Waals surface area (Å²) >= 11 is 18.6. The predicted octanol–water partition coefficient (Wildman–Crippen LogP) is 2.37. The first-order chi connectivity index (χ1) is 15.3. The molecule has 6 nitrogen and oxygen atoms in total. The maximum absolute atomic E-state index is 13.3. The van der Waals surface area contributed by atoms with Gasteiger partial charge in [0.05, 0.1) is 29.9 Å². The van der Waals surface area contributed by atoms with Gasteiger partial charge in [-0.15, -0.1) is 0 Å². The molecule has 2 aliphatic heterocycles. The molecule has 0 saturated carbocycles. The number of nitrogens with zero attached hydrogens (tertiary/aromatic N) is 4. The van der Waals surface area contributed by atoms with Gasteiger partial charge in [-0.05, 0) is 55.2 Å². The molecule has 1 fully saturated rings. The number of hydrogen-bond donors (Lipinski definition) is 1. The van der Waals surface area contributed by atoms with E-state index in [0.717, 1.165) is 37.9 Å². The number of hydrazone groups is 1. The lowest BCUT2D eigenvalue weighted by molar-refractivity contribution is -0.947. The first-order valence-electron chi connectivity index (χ1n) is 10.5. The van der Waals surface area contributed by atoms with Crippen molar-refractivity contribution in [2.24, 2.45) is 11.0 Å². The third kappa shape index (κ3) is 5.57. The van der Waals surface area contributed by atoms with Crippen molar-refractivity contribution in [2.45, 2.75) is 25.3 Å². The van der Waals surface area contributed by atoms with Gasteiger partial charge in [0.1, 0.15) is 24.7 Å². The van der Waals surface area contributed by atoms with Crippen LogP contribution < -0.4 is 34.4 Å². The largest absolute Gasteiger partial charge is 1.00 e. The molecule has 0 unspecified atom stereocenters. The highest BCUT2D eigenvalue weighted by Gasteiger charge is 2.44. The van der Waals surface area contributed by atoms with Gasteiger partial charge in [0.25, 0.3) is 0 Å². The summed E-state index contributed by atoms with van der Waals surface area (Å²) in [5.74, 6) is -1.13. The van der Waals surface area contributed by atoms with E-state index in [4.69, 9.17) is 34.8 Å². The van der Waals surface area contributed by atoms with Crippen molar-refractivity contribution in [3.8, 4) is 6.07 Å². The van der Waals surface area contributed by atoms with Gasteiger partial charge in [-0.3, -0.25) is 9.80 Å². The van der Waals surface area contributed by atoms with Crippen molar-refractivity contribution in [1.29, 1.82) is 5.26 Å². The van der Waals surface area contributed by atoms with Gasteiger partial charge in [0.15, 0.2) is 0 Å². The number of nitrogens with one attached hydrogen (secondary N) is 1. The Labute approximate surface area is 225 Å². The number of carbonyl (C=O) groups is 1. The minimum absolute atomic E-state index is 0. The quantitative estimate of drug-likeness (QED) is 0.423. The summed E-state index contributed by atoms with van der Waals surface area (Å²) in [6.45, 7) is 1.70. The molecule has 1 saturated heterocycles. The Balaban J connectivity index is 0.00000306. The molecule has 0 aromatic heterocycles. The van der Waals surface area contributed by atoms with Crippen LogP contribution in [0.3, 0.4) is 0 Å². The van der Waals surface area contributed by atoms with Crippen molar-refractivity contribution in [1.82, 2.24) is 5.43 Å². The van der Waals surface area contributed by atoms with Crippen LogP contribution in [0.25, 0.3) is 0 Å². The van der Waals surface area contributed by atoms with E-state index in [1.807, 2.05) is 19.2 Å². The Kier molecular flexibility index (Phi) is 8.51. The van der Waals surface area contributed by atoms with Gasteiger partial charge in [-0.25, -0.2) is 4.59 Å². The second-order valence-corrected chi connectivity index (χ2v) is 9.65. The molecule has 2 aromatic carbocycles. The second-order valence-electron chi connectivity index (χ2n) is 8.37. The van der Waals surface area contributed by atoms with Crippen LogP contribution in [0.2, 0.25) is 15.1 Å². The summed E-state index contributed by atoms with van der Waals surface area (Å²) in [6.07, 6.45) is 3.25. The third-order valence-electron chi connectivity index (χ3n) is 6.00. The van der Waals surface area contributed by atoms with E-state index >= 15 is 0 Å². The Morgan fingerprint density at radius 3 is 2.33 bits per heavy atom. The Morgan fingerprint density at radius 1 is 1.09 bits per heavy atom. The fraction of sp³-hybridized carbons (Fsp3) is 0.348. The molecule has 0 radical (unpaired) electrons. The number of benzene rings is 2. The van der Waals surface area contributed by atoms with E-state index in [9.17, 15) is 10.1 Å². The zero-order valence-corrected chi connectivity index (χ0v) is 22.4. The molecule has 2 heterocycles. The fourth-order valence-corrected chi connectivity index (χ4v) is 4.96. The molecule has 0 spiro atoms. The van der Waals surface area contributed by atoms with Crippen molar-refractivity contribution in [3.63, 3.8) is 0 Å². The molecule has 1 N–H and O–H groups in total. The summed E-state index contributed by atoms with van der Waals surface area (Å²) in [5.41, 5.74) is 4.63. The third-order valence-corrected chi connectivity index (χ3v) is 6.79. The first kappa shape index (κ1) is 26.0. The molecular weight excluding hydrogens is 596 g/mol. The molecule has 2 atom stereocenters. The minimum Gasteiger partial charge on any atom is -1.00 e. The number of likely N-dealkylation sites (tertiary alicyclic amines) is 1. The standard InChI is InChI=1S/C23H22Cl3N5O.HI/c1-31(11-3-2-4-12-31)29-23(32)21-18(14-27)22(15-5-7-16(24)8-6-15)30(28-21)20-10-9-17(25)13-19(20)26;/h5-10,13,18,22H,2-4,11-12H2,1H3;1H/t18-,22-;/m1./s1. The summed E-state index contributed by atoms with van der Waals surface area (Å²) in [7, 11) is 2.00. The summed E-state index contributed by atoms with van der Waals surface area (Å²) < 4.78 is 0.434. The maximum Gasteiger partial charge on any atom is 0.313 e. The zero-order chi connectivity index (χ0) is 22.9. The smallest absolute Gasteiger partial charge is 0.313 e. The van der Waals surface area contributed by atoms with Crippen LogP contribution in [0.5, 0.6) is 0 Å². The monoisotopic (exact) mass is 617 g/mol. The molecule has 2 aliphatic rings. The summed E-state index contributed by atoms with van der Waals surface area (Å²) in [6, 6.07) is 14.0. The molecule has 174 valence electrons. The van der Waals surface area contributed by atoms with E-state index in [1.54, 1.807) is 35.3 Å². The average molecular weight is 619 g/mol. The zero-order valence-electron chi connectivity index (χ0n) is 17.9. The fourth-order valence-electron chi connectivity index (χ4n) is 4.34. The molecule has 1 amide bonds. The highest BCUT2D eigenvalue weighted by molar-refractivity contribution is 6.41. The van der Waals surface area contributed by atoms with E-state index in [2.05, 4.69) is 16.6 Å². The molecule has 10 heteroatoms. The number of rotatable bonds is 4. The van der Waals surface area contributed by atoms with E-state index < -0.39 is 12.0 Å². The number of piperidine rings is 1. The van der Waals surface area contributed by atoms with Crippen LogP contribution in [0, 0.1) is 17.2 Å². The first-order valence-corrected chi connectivity index (χ1v) is 11.6. The van der Waals surface area contributed by atoms with Crippen LogP contribution >= 0.6 is 34.8 Å². The van der Waals surface area contributed by atoms with Gasteiger partial charge in [0.2, 0.25) is 0 Å². The van der Waals surface area contributed by atoms with Crippen molar-refractivity contribution >= 4 is 52.1 Å². The van der Waals surface area contributed by atoms with Crippen LogP contribution in [-0.2, 0) is 4.79 Å². The molecule has 0 bridgehead atoms. The number of amides is 1. The van der Waals surface area contributed by atoms with Crippen LogP contribution in [0.15, 0.2) is 47.6 Å². The van der Waals surface area contributed by atoms with E-state index in [1.165, 1.54) is 0 Å². The van der Waals surface area contributed by atoms with Crippen molar-refractivity contribution in [2.75, 3.05) is 25.1 Å². The highest BCUT2D eigenvalue weighted by atomic mass is 127. The molecular formula is C23H23Cl3IN5O. The van der Waals surface area contributed by atoms with Crippen molar-refractivity contribution in [3.05, 3.63) is 63.1 Å².